The summed E-state index contributed by atoms with van der Waals surface area (Å²) >= 11 is 1.21. The maximum atomic E-state index is 13.8. The van der Waals surface area contributed by atoms with Crippen LogP contribution >= 0.6 is 11.3 Å². The molecule has 4 rings (SSSR count). The average molecular weight is 432 g/mol. The Morgan fingerprint density at radius 1 is 1.17 bits per heavy atom. The van der Waals surface area contributed by atoms with E-state index in [1.165, 1.54) is 33.8 Å². The van der Waals surface area contributed by atoms with Crippen LogP contribution in [0.5, 0.6) is 0 Å². The first kappa shape index (κ1) is 19.7. The second-order valence-electron chi connectivity index (χ2n) is 6.72. The van der Waals surface area contributed by atoms with Crippen LogP contribution in [0.4, 0.5) is 9.52 Å². The Kier molecular flexibility index (Phi) is 5.20. The lowest BCUT2D eigenvalue weighted by atomic mass is 10.2. The number of carbonyl (C=O) groups is 1. The largest absolute Gasteiger partial charge is 0.298 e. The minimum atomic E-state index is -3.61. The molecule has 29 heavy (non-hydrogen) atoms. The first-order valence-corrected chi connectivity index (χ1v) is 11.2. The number of rotatable bonds is 4. The van der Waals surface area contributed by atoms with Gasteiger partial charge >= 0.3 is 0 Å². The monoisotopic (exact) mass is 431 g/mol. The lowest BCUT2D eigenvalue weighted by Gasteiger charge is -2.25. The fourth-order valence-corrected chi connectivity index (χ4v) is 5.61. The zero-order valence-electron chi connectivity index (χ0n) is 15.6. The average Bonchev–Trinajstić information content (AvgIpc) is 3.10. The smallest absolute Gasteiger partial charge is 0.260 e. The van der Waals surface area contributed by atoms with E-state index in [4.69, 9.17) is 0 Å². The summed E-state index contributed by atoms with van der Waals surface area (Å²) < 4.78 is 41.0. The van der Waals surface area contributed by atoms with Gasteiger partial charge in [0.15, 0.2) is 5.13 Å². The van der Waals surface area contributed by atoms with Crippen molar-refractivity contribution in [3.63, 3.8) is 0 Å². The van der Waals surface area contributed by atoms with E-state index in [-0.39, 0.29) is 17.0 Å². The number of fused-ring (bicyclic) bond motifs is 1. The van der Waals surface area contributed by atoms with Crippen LogP contribution in [0.1, 0.15) is 26.5 Å². The van der Waals surface area contributed by atoms with E-state index in [2.05, 4.69) is 10.3 Å². The van der Waals surface area contributed by atoms with E-state index in [0.717, 1.165) is 16.1 Å². The van der Waals surface area contributed by atoms with Crippen LogP contribution in [-0.2, 0) is 23.0 Å². The second kappa shape index (κ2) is 7.66. The van der Waals surface area contributed by atoms with E-state index < -0.39 is 21.7 Å². The van der Waals surface area contributed by atoms with Crippen molar-refractivity contribution in [2.75, 3.05) is 11.9 Å². The van der Waals surface area contributed by atoms with Crippen LogP contribution in [0.15, 0.2) is 53.4 Å². The molecule has 0 spiro atoms. The number of nitrogens with zero attached hydrogens (tertiary/aromatic N) is 2. The fraction of sp³-hybridized carbons (Fsp3) is 0.200. The summed E-state index contributed by atoms with van der Waals surface area (Å²) in [6, 6.07) is 12.5. The van der Waals surface area contributed by atoms with E-state index in [9.17, 15) is 17.6 Å². The van der Waals surface area contributed by atoms with Crippen molar-refractivity contribution in [2.24, 2.45) is 0 Å². The van der Waals surface area contributed by atoms with Crippen molar-refractivity contribution in [1.82, 2.24) is 9.29 Å². The third kappa shape index (κ3) is 3.93. The van der Waals surface area contributed by atoms with Gasteiger partial charge in [0.05, 0.1) is 22.7 Å². The van der Waals surface area contributed by atoms with Gasteiger partial charge in [-0.05, 0) is 31.2 Å². The molecule has 0 unspecified atom stereocenters. The van der Waals surface area contributed by atoms with Crippen molar-refractivity contribution < 1.29 is 17.6 Å². The minimum Gasteiger partial charge on any atom is -0.298 e. The van der Waals surface area contributed by atoms with Gasteiger partial charge in [0.1, 0.15) is 5.82 Å². The highest BCUT2D eigenvalue weighted by Crippen LogP contribution is 2.31. The van der Waals surface area contributed by atoms with Crippen LogP contribution in [0.25, 0.3) is 0 Å². The predicted octanol–water partition coefficient (Wildman–Crippen LogP) is 3.59. The molecule has 0 saturated carbocycles. The first-order chi connectivity index (χ1) is 13.8. The lowest BCUT2D eigenvalue weighted by molar-refractivity contribution is 0.102. The van der Waals surface area contributed by atoms with Crippen molar-refractivity contribution in [3.05, 3.63) is 76.0 Å². The number of halogens is 1. The van der Waals surface area contributed by atoms with Gasteiger partial charge in [-0.1, -0.05) is 29.8 Å². The Bertz CT molecular complexity index is 1170. The van der Waals surface area contributed by atoms with Gasteiger partial charge in [0.2, 0.25) is 10.0 Å². The van der Waals surface area contributed by atoms with E-state index in [1.54, 1.807) is 30.3 Å². The van der Waals surface area contributed by atoms with E-state index in [0.29, 0.717) is 18.1 Å². The number of amides is 1. The number of sulfonamides is 1. The van der Waals surface area contributed by atoms with Crippen molar-refractivity contribution in [2.45, 2.75) is 24.8 Å². The zero-order chi connectivity index (χ0) is 20.6. The van der Waals surface area contributed by atoms with Gasteiger partial charge < -0.3 is 0 Å². The standard InChI is InChI=1S/C20H18FN3O3S2/c1-13-6-8-14(9-7-13)29(26,27)24-11-10-17-18(12-24)28-20(22-17)23-19(25)15-4-2-3-5-16(15)21/h2-9H,10-12H2,1H3,(H,22,23,25). The molecule has 1 N–H and O–H groups in total. The Morgan fingerprint density at radius 3 is 2.62 bits per heavy atom. The highest BCUT2D eigenvalue weighted by atomic mass is 32.2. The van der Waals surface area contributed by atoms with E-state index >= 15 is 0 Å². The fourth-order valence-electron chi connectivity index (χ4n) is 3.10. The number of benzene rings is 2. The summed E-state index contributed by atoms with van der Waals surface area (Å²) in [5.41, 5.74) is 1.68. The summed E-state index contributed by atoms with van der Waals surface area (Å²) in [6.07, 6.45) is 0.451. The Morgan fingerprint density at radius 2 is 1.90 bits per heavy atom. The molecule has 2 heterocycles. The molecule has 0 fully saturated rings. The number of hydrogen-bond donors (Lipinski definition) is 1. The topological polar surface area (TPSA) is 79.4 Å². The Labute approximate surface area is 172 Å². The maximum absolute atomic E-state index is 13.8. The molecular weight excluding hydrogens is 413 g/mol. The SMILES string of the molecule is Cc1ccc(S(=O)(=O)N2CCc3nc(NC(=O)c4ccccc4F)sc3C2)cc1. The second-order valence-corrected chi connectivity index (χ2v) is 9.75. The molecule has 2 aromatic carbocycles. The van der Waals surface area contributed by atoms with Crippen LogP contribution < -0.4 is 5.32 Å². The van der Waals surface area contributed by atoms with Crippen LogP contribution in [0.2, 0.25) is 0 Å². The van der Waals surface area contributed by atoms with Gasteiger partial charge in [-0.3, -0.25) is 10.1 Å². The van der Waals surface area contributed by atoms with Crippen LogP contribution in [0.3, 0.4) is 0 Å². The minimum absolute atomic E-state index is 0.0655. The van der Waals surface area contributed by atoms with Crippen LogP contribution in [-0.4, -0.2) is 30.2 Å². The highest BCUT2D eigenvalue weighted by molar-refractivity contribution is 7.89. The molecule has 3 aromatic rings. The van der Waals surface area contributed by atoms with Crippen molar-refractivity contribution in [3.8, 4) is 0 Å². The third-order valence-electron chi connectivity index (χ3n) is 4.69. The first-order valence-electron chi connectivity index (χ1n) is 8.96. The number of anilines is 1. The van der Waals surface area contributed by atoms with Crippen molar-refractivity contribution in [1.29, 1.82) is 0 Å². The van der Waals surface area contributed by atoms with Gasteiger partial charge in [0, 0.05) is 17.8 Å². The summed E-state index contributed by atoms with van der Waals surface area (Å²) in [7, 11) is -3.61. The Balaban J connectivity index is 1.52. The third-order valence-corrected chi connectivity index (χ3v) is 7.55. The maximum Gasteiger partial charge on any atom is 0.260 e. The summed E-state index contributed by atoms with van der Waals surface area (Å²) in [5, 5.41) is 2.94. The normalized spacial score (nSPS) is 14.4. The molecule has 1 amide bonds. The Hall–Kier alpha value is -2.62. The molecule has 0 aliphatic carbocycles. The lowest BCUT2D eigenvalue weighted by Crippen LogP contribution is -2.35. The molecule has 6 nitrogen and oxygen atoms in total. The number of hydrogen-bond acceptors (Lipinski definition) is 5. The molecule has 9 heteroatoms. The number of thiazole rings is 1. The molecule has 0 atom stereocenters. The van der Waals surface area contributed by atoms with Gasteiger partial charge in [-0.15, -0.1) is 11.3 Å². The molecule has 0 saturated heterocycles. The number of aromatic nitrogens is 1. The molecule has 0 radical (unpaired) electrons. The molecular formula is C20H18FN3O3S2. The summed E-state index contributed by atoms with van der Waals surface area (Å²) in [5.74, 6) is -1.19. The molecule has 0 bridgehead atoms. The molecule has 1 aliphatic rings. The van der Waals surface area contributed by atoms with Crippen molar-refractivity contribution >= 4 is 32.4 Å². The summed E-state index contributed by atoms with van der Waals surface area (Å²) in [4.78, 5) is 17.7. The summed E-state index contributed by atoms with van der Waals surface area (Å²) in [6.45, 7) is 2.41. The quantitative estimate of drug-likeness (QED) is 0.685. The van der Waals surface area contributed by atoms with Crippen LogP contribution in [0, 0.1) is 12.7 Å². The molecule has 150 valence electrons. The number of nitrogens with one attached hydrogen (secondary N) is 1. The van der Waals surface area contributed by atoms with Gasteiger partial charge in [-0.25, -0.2) is 17.8 Å². The van der Waals surface area contributed by atoms with E-state index in [1.807, 2.05) is 6.92 Å². The highest BCUT2D eigenvalue weighted by Gasteiger charge is 2.30. The zero-order valence-corrected chi connectivity index (χ0v) is 17.2. The van der Waals surface area contributed by atoms with Gasteiger partial charge in [-0.2, -0.15) is 4.31 Å². The molecule has 1 aliphatic heterocycles. The molecule has 1 aromatic heterocycles. The van der Waals surface area contributed by atoms with Gasteiger partial charge in [0.25, 0.3) is 5.91 Å². The number of carbonyl (C=O) groups excluding carboxylic acids is 1. The number of aryl methyl sites for hydroxylation is 1. The predicted molar refractivity (Wildman–Crippen MR) is 109 cm³/mol.